The van der Waals surface area contributed by atoms with Gasteiger partial charge in [0.25, 0.3) is 5.24 Å². The smallest absolute Gasteiger partial charge is 0.256 e. The average Bonchev–Trinajstić information content (AvgIpc) is 2.44. The second-order valence-corrected chi connectivity index (χ2v) is 4.89. The SMILES string of the molecule is CCCCOc1ccccc1C(=O)Cl.c1cc2ccc1-2. The first-order chi connectivity index (χ1) is 9.72. The lowest BCUT2D eigenvalue weighted by Crippen LogP contribution is -2.01. The van der Waals surface area contributed by atoms with Crippen LogP contribution in [0.15, 0.2) is 48.5 Å². The number of para-hydroxylation sites is 1. The van der Waals surface area contributed by atoms with Crippen LogP contribution in [0.1, 0.15) is 30.1 Å². The standard InChI is InChI=1S/C11H13ClO2.C6H4/c1-2-3-8-14-10-7-5-4-6-9(10)11(12)13;1-2-6-4-3-5(1)6/h4-7H,2-3,8H2,1H3;1-4H. The van der Waals surface area contributed by atoms with E-state index in [1.807, 2.05) is 6.07 Å². The van der Waals surface area contributed by atoms with E-state index in [0.29, 0.717) is 17.9 Å². The first kappa shape index (κ1) is 14.6. The quantitative estimate of drug-likeness (QED) is 0.492. The zero-order chi connectivity index (χ0) is 14.4. The van der Waals surface area contributed by atoms with E-state index in [4.69, 9.17) is 16.3 Å². The molecule has 0 aliphatic heterocycles. The summed E-state index contributed by atoms with van der Waals surface area (Å²) in [6, 6.07) is 15.5. The minimum Gasteiger partial charge on any atom is -0.493 e. The van der Waals surface area contributed by atoms with Gasteiger partial charge in [-0.25, -0.2) is 0 Å². The molecular formula is C17H17ClO2. The van der Waals surface area contributed by atoms with E-state index in [9.17, 15) is 4.79 Å². The lowest BCUT2D eigenvalue weighted by molar-refractivity contribution is 0.107. The molecule has 0 radical (unpaired) electrons. The van der Waals surface area contributed by atoms with Crippen molar-refractivity contribution in [2.24, 2.45) is 0 Å². The van der Waals surface area contributed by atoms with Crippen molar-refractivity contribution in [3.8, 4) is 16.9 Å². The van der Waals surface area contributed by atoms with Gasteiger partial charge in [0.1, 0.15) is 5.75 Å². The molecule has 0 spiro atoms. The first-order valence-corrected chi connectivity index (χ1v) is 7.12. The molecule has 20 heavy (non-hydrogen) atoms. The van der Waals surface area contributed by atoms with Crippen molar-refractivity contribution >= 4 is 16.8 Å². The molecule has 0 saturated heterocycles. The van der Waals surface area contributed by atoms with Crippen molar-refractivity contribution in [3.63, 3.8) is 0 Å². The highest BCUT2D eigenvalue weighted by molar-refractivity contribution is 6.68. The molecule has 2 aliphatic carbocycles. The molecule has 1 aromatic rings. The molecule has 0 amide bonds. The van der Waals surface area contributed by atoms with Gasteiger partial charge in [0.15, 0.2) is 0 Å². The number of halogens is 1. The van der Waals surface area contributed by atoms with Gasteiger partial charge >= 0.3 is 0 Å². The molecule has 2 aliphatic rings. The van der Waals surface area contributed by atoms with E-state index in [0.717, 1.165) is 12.8 Å². The Balaban J connectivity index is 0.000000198. The van der Waals surface area contributed by atoms with Crippen LogP contribution in [-0.4, -0.2) is 11.8 Å². The van der Waals surface area contributed by atoms with Crippen molar-refractivity contribution in [1.29, 1.82) is 0 Å². The summed E-state index contributed by atoms with van der Waals surface area (Å²) in [7, 11) is 0. The van der Waals surface area contributed by atoms with Crippen LogP contribution in [0.5, 0.6) is 5.75 Å². The highest BCUT2D eigenvalue weighted by atomic mass is 35.5. The molecule has 0 saturated carbocycles. The molecule has 3 heteroatoms. The molecule has 2 nitrogen and oxygen atoms in total. The van der Waals surface area contributed by atoms with Crippen LogP contribution in [0.4, 0.5) is 0 Å². The third-order valence-corrected chi connectivity index (χ3v) is 3.28. The van der Waals surface area contributed by atoms with Gasteiger partial charge in [-0.05, 0) is 41.3 Å². The maximum Gasteiger partial charge on any atom is 0.256 e. The fraction of sp³-hybridized carbons (Fsp3) is 0.235. The number of fused-ring (bicyclic) bond motifs is 1. The van der Waals surface area contributed by atoms with Crippen molar-refractivity contribution in [1.82, 2.24) is 0 Å². The molecule has 3 rings (SSSR count). The van der Waals surface area contributed by atoms with Gasteiger partial charge in [-0.3, -0.25) is 4.79 Å². The average molecular weight is 289 g/mol. The van der Waals surface area contributed by atoms with E-state index in [1.54, 1.807) is 18.2 Å². The number of ether oxygens (including phenoxy) is 1. The largest absolute Gasteiger partial charge is 0.493 e. The predicted molar refractivity (Wildman–Crippen MR) is 82.5 cm³/mol. The number of rotatable bonds is 5. The van der Waals surface area contributed by atoms with Crippen molar-refractivity contribution in [2.75, 3.05) is 6.61 Å². The molecule has 0 atom stereocenters. The molecule has 0 fully saturated rings. The summed E-state index contributed by atoms with van der Waals surface area (Å²) in [5.41, 5.74) is 3.29. The van der Waals surface area contributed by atoms with Crippen molar-refractivity contribution in [2.45, 2.75) is 19.8 Å². The van der Waals surface area contributed by atoms with Crippen molar-refractivity contribution in [3.05, 3.63) is 54.1 Å². The van der Waals surface area contributed by atoms with Crippen LogP contribution in [0, 0.1) is 0 Å². The molecule has 0 aromatic heterocycles. The minimum absolute atomic E-state index is 0.435. The van der Waals surface area contributed by atoms with Crippen LogP contribution in [-0.2, 0) is 0 Å². The van der Waals surface area contributed by atoms with Gasteiger partial charge in [0.05, 0.1) is 12.2 Å². The Kier molecular flexibility index (Phi) is 5.19. The molecular weight excluding hydrogens is 272 g/mol. The fourth-order valence-electron chi connectivity index (χ4n) is 1.74. The minimum atomic E-state index is -0.475. The highest BCUT2D eigenvalue weighted by Crippen LogP contribution is 2.29. The lowest BCUT2D eigenvalue weighted by Gasteiger charge is -2.10. The maximum absolute atomic E-state index is 11.0. The molecule has 0 unspecified atom stereocenters. The predicted octanol–water partition coefficient (Wildman–Crippen LogP) is 4.91. The van der Waals surface area contributed by atoms with Gasteiger partial charge in [-0.1, -0.05) is 49.7 Å². The normalized spacial score (nSPS) is 10.3. The van der Waals surface area contributed by atoms with E-state index in [2.05, 4.69) is 31.2 Å². The van der Waals surface area contributed by atoms with E-state index in [1.165, 1.54) is 11.1 Å². The van der Waals surface area contributed by atoms with Crippen LogP contribution < -0.4 is 4.74 Å². The van der Waals surface area contributed by atoms with Gasteiger partial charge in [0, 0.05) is 0 Å². The highest BCUT2D eigenvalue weighted by Gasteiger charge is 2.08. The topological polar surface area (TPSA) is 26.3 Å². The first-order valence-electron chi connectivity index (χ1n) is 6.74. The van der Waals surface area contributed by atoms with Crippen LogP contribution in [0.2, 0.25) is 0 Å². The summed E-state index contributed by atoms with van der Waals surface area (Å²) in [5, 5.41) is -0.475. The molecule has 0 bridgehead atoms. The Hall–Kier alpha value is -1.80. The number of carbonyl (C=O) groups is 1. The summed E-state index contributed by atoms with van der Waals surface area (Å²) in [5.74, 6) is 0.570. The Labute approximate surface area is 124 Å². The molecule has 104 valence electrons. The second kappa shape index (κ2) is 7.11. The summed E-state index contributed by atoms with van der Waals surface area (Å²) in [6.07, 6.45) is 2.04. The van der Waals surface area contributed by atoms with Crippen LogP contribution >= 0.6 is 11.6 Å². The monoisotopic (exact) mass is 288 g/mol. The molecule has 0 heterocycles. The fourth-order valence-corrected chi connectivity index (χ4v) is 1.90. The van der Waals surface area contributed by atoms with Gasteiger partial charge in [0.2, 0.25) is 0 Å². The van der Waals surface area contributed by atoms with Gasteiger partial charge < -0.3 is 4.74 Å². The zero-order valence-electron chi connectivity index (χ0n) is 11.4. The Bertz CT molecular complexity index is 555. The third-order valence-electron chi connectivity index (χ3n) is 3.07. The second-order valence-electron chi connectivity index (χ2n) is 4.55. The number of hydrogen-bond donors (Lipinski definition) is 0. The summed E-state index contributed by atoms with van der Waals surface area (Å²) in [6.45, 7) is 2.71. The number of unbranched alkanes of at least 4 members (excludes halogenated alkanes) is 1. The maximum atomic E-state index is 11.0. The molecule has 1 aromatic carbocycles. The van der Waals surface area contributed by atoms with E-state index < -0.39 is 5.24 Å². The van der Waals surface area contributed by atoms with Gasteiger partial charge in [-0.15, -0.1) is 0 Å². The summed E-state index contributed by atoms with van der Waals surface area (Å²) in [4.78, 5) is 11.0. The van der Waals surface area contributed by atoms with E-state index >= 15 is 0 Å². The molecule has 0 N–H and O–H groups in total. The summed E-state index contributed by atoms with van der Waals surface area (Å²) >= 11 is 5.40. The zero-order valence-corrected chi connectivity index (χ0v) is 12.2. The third kappa shape index (κ3) is 3.61. The van der Waals surface area contributed by atoms with Crippen molar-refractivity contribution < 1.29 is 9.53 Å². The Morgan fingerprint density at radius 3 is 2.10 bits per heavy atom. The Morgan fingerprint density at radius 1 is 1.05 bits per heavy atom. The Morgan fingerprint density at radius 2 is 1.65 bits per heavy atom. The van der Waals surface area contributed by atoms with E-state index in [-0.39, 0.29) is 0 Å². The summed E-state index contributed by atoms with van der Waals surface area (Å²) < 4.78 is 5.43. The van der Waals surface area contributed by atoms with Crippen LogP contribution in [0.3, 0.4) is 0 Å². The van der Waals surface area contributed by atoms with Crippen LogP contribution in [0.25, 0.3) is 11.1 Å². The van der Waals surface area contributed by atoms with Gasteiger partial charge in [-0.2, -0.15) is 0 Å². The number of benzene rings is 2. The lowest BCUT2D eigenvalue weighted by atomic mass is 9.95. The number of hydrogen-bond acceptors (Lipinski definition) is 2. The number of carbonyl (C=O) groups excluding carboxylic acids is 1.